The van der Waals surface area contributed by atoms with Crippen LogP contribution in [0, 0.1) is 0 Å². The second-order valence-electron chi connectivity index (χ2n) is 5.48. The van der Waals surface area contributed by atoms with Crippen molar-refractivity contribution >= 4 is 11.0 Å². The van der Waals surface area contributed by atoms with Crippen molar-refractivity contribution in [2.75, 3.05) is 0 Å². The number of aromatic nitrogens is 3. The zero-order valence-electron chi connectivity index (χ0n) is 11.5. The molecule has 0 aliphatic heterocycles. The molecule has 1 aliphatic carbocycles. The first-order valence-corrected chi connectivity index (χ1v) is 7.18. The molecule has 1 aromatic carbocycles. The average Bonchev–Trinajstić information content (AvgIpc) is 3.02. The molecule has 106 valence electrons. The van der Waals surface area contributed by atoms with Crippen LogP contribution >= 0.6 is 0 Å². The van der Waals surface area contributed by atoms with E-state index in [1.807, 2.05) is 30.6 Å². The van der Waals surface area contributed by atoms with Crippen molar-refractivity contribution in [3.05, 3.63) is 62.4 Å². The summed E-state index contributed by atoms with van der Waals surface area (Å²) in [5.74, 6) is 0. The summed E-state index contributed by atoms with van der Waals surface area (Å²) in [6, 6.07) is 5.92. The summed E-state index contributed by atoms with van der Waals surface area (Å²) in [5.41, 5.74) is 3.82. The van der Waals surface area contributed by atoms with E-state index in [-0.39, 0.29) is 0 Å². The van der Waals surface area contributed by atoms with E-state index in [0.717, 1.165) is 42.5 Å². The van der Waals surface area contributed by atoms with Crippen molar-refractivity contribution in [1.29, 1.82) is 0 Å². The fraction of sp³-hybridized carbons (Fsp3) is 0.250. The van der Waals surface area contributed by atoms with E-state index in [1.165, 1.54) is 5.56 Å². The third kappa shape index (κ3) is 1.85. The number of aromatic amines is 2. The molecule has 0 spiro atoms. The van der Waals surface area contributed by atoms with Gasteiger partial charge in [-0.2, -0.15) is 0 Å². The van der Waals surface area contributed by atoms with Crippen molar-refractivity contribution in [1.82, 2.24) is 14.5 Å². The molecule has 0 saturated heterocycles. The van der Waals surface area contributed by atoms with Gasteiger partial charge in [0.1, 0.15) is 0 Å². The molecular formula is C16H15N3O2. The molecule has 0 fully saturated rings. The fourth-order valence-corrected chi connectivity index (χ4v) is 3.24. The van der Waals surface area contributed by atoms with Crippen LogP contribution in [0.1, 0.15) is 24.0 Å². The number of nitrogens with one attached hydrogen (secondary N) is 2. The topological polar surface area (TPSA) is 70.7 Å². The van der Waals surface area contributed by atoms with E-state index in [1.54, 1.807) is 0 Å². The smallest absolute Gasteiger partial charge is 0.314 e. The molecule has 2 aromatic heterocycles. The normalized spacial score (nSPS) is 14.3. The van der Waals surface area contributed by atoms with Crippen LogP contribution in [0.15, 0.2) is 40.2 Å². The number of nitrogens with zero attached hydrogens (tertiary/aromatic N) is 1. The largest absolute Gasteiger partial charge is 0.324 e. The van der Waals surface area contributed by atoms with Crippen LogP contribution in [0.25, 0.3) is 16.7 Å². The van der Waals surface area contributed by atoms with E-state index >= 15 is 0 Å². The van der Waals surface area contributed by atoms with E-state index in [9.17, 15) is 9.59 Å². The summed E-state index contributed by atoms with van der Waals surface area (Å²) in [6.45, 7) is 0. The summed E-state index contributed by atoms with van der Waals surface area (Å²) in [4.78, 5) is 28.7. The van der Waals surface area contributed by atoms with Crippen LogP contribution in [0.4, 0.5) is 0 Å². The third-order valence-corrected chi connectivity index (χ3v) is 4.20. The van der Waals surface area contributed by atoms with E-state index < -0.39 is 11.1 Å². The molecule has 5 heteroatoms. The van der Waals surface area contributed by atoms with Crippen molar-refractivity contribution in [2.24, 2.45) is 0 Å². The van der Waals surface area contributed by atoms with Crippen LogP contribution < -0.4 is 11.1 Å². The van der Waals surface area contributed by atoms with Gasteiger partial charge in [0.05, 0.1) is 16.7 Å². The minimum Gasteiger partial charge on any atom is -0.324 e. The summed E-state index contributed by atoms with van der Waals surface area (Å²) in [5, 5.41) is 0. The SMILES string of the molecule is O=c1[nH]c2cc(-n3cccc3)c3c(c2[nH]c1=O)CCCC3. The van der Waals surface area contributed by atoms with E-state index in [4.69, 9.17) is 0 Å². The Kier molecular flexibility index (Phi) is 2.60. The quantitative estimate of drug-likeness (QED) is 0.669. The lowest BCUT2D eigenvalue weighted by molar-refractivity contribution is 0.684. The van der Waals surface area contributed by atoms with Crippen molar-refractivity contribution in [2.45, 2.75) is 25.7 Å². The predicted octanol–water partition coefficient (Wildman–Crippen LogP) is 1.89. The Morgan fingerprint density at radius 1 is 0.905 bits per heavy atom. The lowest BCUT2D eigenvalue weighted by atomic mass is 9.89. The molecule has 0 atom stereocenters. The van der Waals surface area contributed by atoms with Crippen LogP contribution in [0.5, 0.6) is 0 Å². The van der Waals surface area contributed by atoms with Gasteiger partial charge in [0.15, 0.2) is 0 Å². The minimum absolute atomic E-state index is 0.580. The predicted molar refractivity (Wildman–Crippen MR) is 81.2 cm³/mol. The van der Waals surface area contributed by atoms with Crippen LogP contribution in [0.2, 0.25) is 0 Å². The van der Waals surface area contributed by atoms with E-state index in [0.29, 0.717) is 5.52 Å². The molecule has 4 rings (SSSR count). The molecule has 2 N–H and O–H groups in total. The van der Waals surface area contributed by atoms with Gasteiger partial charge in [-0.1, -0.05) is 0 Å². The Balaban J connectivity index is 2.14. The molecular weight excluding hydrogens is 266 g/mol. The minimum atomic E-state index is -0.600. The lowest BCUT2D eigenvalue weighted by Gasteiger charge is -2.21. The molecule has 3 aromatic rings. The zero-order valence-corrected chi connectivity index (χ0v) is 11.5. The van der Waals surface area contributed by atoms with Gasteiger partial charge in [-0.05, 0) is 55.0 Å². The van der Waals surface area contributed by atoms with E-state index in [2.05, 4.69) is 14.5 Å². The number of benzene rings is 1. The van der Waals surface area contributed by atoms with Crippen LogP contribution in [-0.2, 0) is 12.8 Å². The molecule has 21 heavy (non-hydrogen) atoms. The maximum atomic E-state index is 11.6. The van der Waals surface area contributed by atoms with Gasteiger partial charge in [-0.15, -0.1) is 0 Å². The maximum Gasteiger partial charge on any atom is 0.314 e. The fourth-order valence-electron chi connectivity index (χ4n) is 3.24. The zero-order chi connectivity index (χ0) is 14.4. The third-order valence-electron chi connectivity index (χ3n) is 4.20. The van der Waals surface area contributed by atoms with Crippen molar-refractivity contribution in [3.8, 4) is 5.69 Å². The highest BCUT2D eigenvalue weighted by molar-refractivity contribution is 5.83. The van der Waals surface area contributed by atoms with Gasteiger partial charge < -0.3 is 14.5 Å². The van der Waals surface area contributed by atoms with Crippen LogP contribution in [-0.4, -0.2) is 14.5 Å². The highest BCUT2D eigenvalue weighted by Crippen LogP contribution is 2.31. The van der Waals surface area contributed by atoms with Crippen molar-refractivity contribution in [3.63, 3.8) is 0 Å². The second kappa shape index (κ2) is 4.48. The number of aryl methyl sites for hydroxylation is 1. The summed E-state index contributed by atoms with van der Waals surface area (Å²) >= 11 is 0. The van der Waals surface area contributed by atoms with Gasteiger partial charge in [-0.3, -0.25) is 9.59 Å². The Hall–Kier alpha value is -2.56. The number of fused-ring (bicyclic) bond motifs is 3. The first-order valence-electron chi connectivity index (χ1n) is 7.18. The molecule has 0 saturated carbocycles. The summed E-state index contributed by atoms with van der Waals surface area (Å²) in [7, 11) is 0. The maximum absolute atomic E-state index is 11.6. The number of hydrogen-bond acceptors (Lipinski definition) is 2. The van der Waals surface area contributed by atoms with Gasteiger partial charge in [0.25, 0.3) is 0 Å². The Labute approximate surface area is 120 Å². The first-order chi connectivity index (χ1) is 10.2. The lowest BCUT2D eigenvalue weighted by Crippen LogP contribution is -2.29. The van der Waals surface area contributed by atoms with Gasteiger partial charge in [0.2, 0.25) is 0 Å². The summed E-state index contributed by atoms with van der Waals surface area (Å²) < 4.78 is 2.06. The number of hydrogen-bond donors (Lipinski definition) is 2. The molecule has 0 amide bonds. The molecule has 2 heterocycles. The highest BCUT2D eigenvalue weighted by atomic mass is 16.2. The second-order valence-corrected chi connectivity index (χ2v) is 5.48. The molecule has 0 radical (unpaired) electrons. The molecule has 5 nitrogen and oxygen atoms in total. The van der Waals surface area contributed by atoms with Gasteiger partial charge in [0, 0.05) is 12.4 Å². The highest BCUT2D eigenvalue weighted by Gasteiger charge is 2.19. The van der Waals surface area contributed by atoms with Crippen molar-refractivity contribution < 1.29 is 0 Å². The first kappa shape index (κ1) is 12.2. The van der Waals surface area contributed by atoms with Gasteiger partial charge >= 0.3 is 11.1 Å². The van der Waals surface area contributed by atoms with Gasteiger partial charge in [-0.25, -0.2) is 0 Å². The monoisotopic (exact) mass is 281 g/mol. The summed E-state index contributed by atoms with van der Waals surface area (Å²) in [6.07, 6.45) is 8.20. The standard InChI is InChI=1S/C16H15N3O2/c20-15-16(21)18-14-11-6-2-1-5-10(11)13(9-12(14)17-15)19-7-3-4-8-19/h3-4,7-9H,1-2,5-6H2,(H,17,20)(H,18,21). The molecule has 0 bridgehead atoms. The Bertz CT molecular complexity index is 933. The average molecular weight is 281 g/mol. The number of H-pyrrole nitrogens is 2. The molecule has 1 aliphatic rings. The van der Waals surface area contributed by atoms with Crippen LogP contribution in [0.3, 0.4) is 0 Å². The Morgan fingerprint density at radius 2 is 1.57 bits per heavy atom. The Morgan fingerprint density at radius 3 is 2.33 bits per heavy atom. The number of rotatable bonds is 1. The molecule has 0 unspecified atom stereocenters.